The molecule has 2 rings (SSSR count). The van der Waals surface area contributed by atoms with Gasteiger partial charge in [-0.05, 0) is 31.2 Å². The molecule has 1 unspecified atom stereocenters. The number of hydrogen-bond acceptors (Lipinski definition) is 4. The van der Waals surface area contributed by atoms with Crippen LogP contribution in [0, 0.1) is 11.6 Å². The van der Waals surface area contributed by atoms with Gasteiger partial charge in [0.05, 0.1) is 25.2 Å². The Kier molecular flexibility index (Phi) is 6.03. The lowest BCUT2D eigenvalue weighted by Gasteiger charge is -2.15. The number of hydrogen-bond donors (Lipinski definition) is 1. The van der Waals surface area contributed by atoms with E-state index in [2.05, 4.69) is 5.32 Å². The van der Waals surface area contributed by atoms with Gasteiger partial charge < -0.3 is 14.8 Å². The first-order chi connectivity index (χ1) is 11.4. The molecule has 4 nitrogen and oxygen atoms in total. The van der Waals surface area contributed by atoms with Crippen LogP contribution < -0.4 is 14.8 Å². The van der Waals surface area contributed by atoms with Gasteiger partial charge >= 0.3 is 0 Å². The Hall–Kier alpha value is -2.28. The Bertz CT molecular complexity index is 740. The first-order valence-corrected chi connectivity index (χ1v) is 7.97. The molecule has 1 amide bonds. The van der Waals surface area contributed by atoms with Gasteiger partial charge in [0, 0.05) is 17.0 Å². The first kappa shape index (κ1) is 18.1. The fourth-order valence-corrected chi connectivity index (χ4v) is 2.83. The fraction of sp³-hybridized carbons (Fsp3) is 0.235. The third-order valence-electron chi connectivity index (χ3n) is 3.23. The topological polar surface area (TPSA) is 47.6 Å². The average molecular weight is 353 g/mol. The molecule has 0 bridgehead atoms. The minimum absolute atomic E-state index is 0.205. The predicted octanol–water partition coefficient (Wildman–Crippen LogP) is 4.10. The lowest BCUT2D eigenvalue weighted by molar-refractivity contribution is -0.115. The van der Waals surface area contributed by atoms with Gasteiger partial charge in [0.15, 0.2) is 0 Å². The second-order valence-electron chi connectivity index (χ2n) is 4.89. The molecular weight excluding hydrogens is 336 g/mol. The summed E-state index contributed by atoms with van der Waals surface area (Å²) >= 11 is 1.00. The number of nitrogens with one attached hydrogen (secondary N) is 1. The molecule has 0 aliphatic heterocycles. The van der Waals surface area contributed by atoms with Crippen molar-refractivity contribution in [1.29, 1.82) is 0 Å². The molecular formula is C17H17F2NO3S. The Morgan fingerprint density at radius 2 is 1.88 bits per heavy atom. The standard InChI is InChI=1S/C17H17F2NO3S/c1-10(24-16-7-4-11(18)8-13(16)19)17(21)20-14-9-12(22-2)5-6-15(14)23-3/h4-10H,1-3H3,(H,20,21). The van der Waals surface area contributed by atoms with Gasteiger partial charge in [0.2, 0.25) is 5.91 Å². The van der Waals surface area contributed by atoms with E-state index >= 15 is 0 Å². The van der Waals surface area contributed by atoms with Crippen molar-refractivity contribution in [2.45, 2.75) is 17.1 Å². The molecule has 7 heteroatoms. The van der Waals surface area contributed by atoms with Crippen LogP contribution >= 0.6 is 11.8 Å². The molecule has 24 heavy (non-hydrogen) atoms. The third-order valence-corrected chi connectivity index (χ3v) is 4.38. The minimum Gasteiger partial charge on any atom is -0.497 e. The van der Waals surface area contributed by atoms with Crippen molar-refractivity contribution >= 4 is 23.4 Å². The van der Waals surface area contributed by atoms with Crippen LogP contribution in [0.2, 0.25) is 0 Å². The van der Waals surface area contributed by atoms with Gasteiger partial charge in [-0.2, -0.15) is 0 Å². The fourth-order valence-electron chi connectivity index (χ4n) is 1.96. The number of ether oxygens (including phenoxy) is 2. The van der Waals surface area contributed by atoms with E-state index in [4.69, 9.17) is 9.47 Å². The molecule has 0 aliphatic carbocycles. The molecule has 0 saturated heterocycles. The SMILES string of the molecule is COc1ccc(OC)c(NC(=O)C(C)Sc2ccc(F)cc2F)c1. The Labute approximate surface area is 143 Å². The Morgan fingerprint density at radius 1 is 1.12 bits per heavy atom. The smallest absolute Gasteiger partial charge is 0.237 e. The van der Waals surface area contributed by atoms with E-state index < -0.39 is 16.9 Å². The molecule has 0 saturated carbocycles. The summed E-state index contributed by atoms with van der Waals surface area (Å²) in [5, 5.41) is 2.13. The van der Waals surface area contributed by atoms with Crippen molar-refractivity contribution in [2.24, 2.45) is 0 Å². The van der Waals surface area contributed by atoms with Crippen LogP contribution in [0.3, 0.4) is 0 Å². The van der Waals surface area contributed by atoms with E-state index in [0.29, 0.717) is 17.2 Å². The maximum atomic E-state index is 13.7. The van der Waals surface area contributed by atoms with Crippen LogP contribution in [0.25, 0.3) is 0 Å². The highest BCUT2D eigenvalue weighted by molar-refractivity contribution is 8.00. The van der Waals surface area contributed by atoms with Crippen LogP contribution in [0.4, 0.5) is 14.5 Å². The number of carbonyl (C=O) groups is 1. The summed E-state index contributed by atoms with van der Waals surface area (Å²) in [6.45, 7) is 1.63. The van der Waals surface area contributed by atoms with Crippen LogP contribution in [0.5, 0.6) is 11.5 Å². The van der Waals surface area contributed by atoms with Gasteiger partial charge in [0.1, 0.15) is 23.1 Å². The summed E-state index contributed by atoms with van der Waals surface area (Å²) in [5.74, 6) is -0.644. The molecule has 2 aromatic carbocycles. The quantitative estimate of drug-likeness (QED) is 0.794. The third kappa shape index (κ3) is 4.38. The molecule has 1 N–H and O–H groups in total. The number of benzene rings is 2. The molecule has 0 spiro atoms. The summed E-state index contributed by atoms with van der Waals surface area (Å²) in [4.78, 5) is 12.5. The van der Waals surface area contributed by atoms with Crippen molar-refractivity contribution in [3.05, 3.63) is 48.0 Å². The first-order valence-electron chi connectivity index (χ1n) is 7.09. The Morgan fingerprint density at radius 3 is 2.50 bits per heavy atom. The maximum absolute atomic E-state index is 13.7. The van der Waals surface area contributed by atoms with Crippen molar-refractivity contribution < 1.29 is 23.0 Å². The van der Waals surface area contributed by atoms with E-state index in [1.807, 2.05) is 0 Å². The number of carbonyl (C=O) groups excluding carboxylic acids is 1. The van der Waals surface area contributed by atoms with Crippen LogP contribution in [0.1, 0.15) is 6.92 Å². The zero-order valence-electron chi connectivity index (χ0n) is 13.4. The molecule has 1 atom stereocenters. The zero-order chi connectivity index (χ0) is 17.7. The summed E-state index contributed by atoms with van der Waals surface area (Å²) in [5.41, 5.74) is 0.453. The molecule has 0 heterocycles. The van der Waals surface area contributed by atoms with E-state index in [1.54, 1.807) is 25.1 Å². The van der Waals surface area contributed by atoms with Crippen molar-refractivity contribution in [1.82, 2.24) is 0 Å². The second-order valence-corrected chi connectivity index (χ2v) is 6.27. The van der Waals surface area contributed by atoms with E-state index in [1.165, 1.54) is 20.3 Å². The van der Waals surface area contributed by atoms with Crippen LogP contribution in [-0.4, -0.2) is 25.4 Å². The molecule has 2 aromatic rings. The number of anilines is 1. The molecule has 0 fully saturated rings. The largest absolute Gasteiger partial charge is 0.497 e. The van der Waals surface area contributed by atoms with Crippen LogP contribution in [0.15, 0.2) is 41.3 Å². The average Bonchev–Trinajstić information content (AvgIpc) is 2.57. The lowest BCUT2D eigenvalue weighted by atomic mass is 10.2. The normalized spacial score (nSPS) is 11.7. The Balaban J connectivity index is 2.11. The van der Waals surface area contributed by atoms with Crippen molar-refractivity contribution in [3.8, 4) is 11.5 Å². The lowest BCUT2D eigenvalue weighted by Crippen LogP contribution is -2.22. The zero-order valence-corrected chi connectivity index (χ0v) is 14.2. The molecule has 0 aliphatic rings. The number of thioether (sulfide) groups is 1. The summed E-state index contributed by atoms with van der Waals surface area (Å²) < 4.78 is 36.9. The van der Waals surface area contributed by atoms with Crippen molar-refractivity contribution in [3.63, 3.8) is 0 Å². The molecule has 0 radical (unpaired) electrons. The number of rotatable bonds is 6. The predicted molar refractivity (Wildman–Crippen MR) is 89.9 cm³/mol. The second kappa shape index (κ2) is 8.01. The highest BCUT2D eigenvalue weighted by Crippen LogP contribution is 2.31. The van der Waals surface area contributed by atoms with Gasteiger partial charge in [-0.25, -0.2) is 8.78 Å². The van der Waals surface area contributed by atoms with E-state index in [9.17, 15) is 13.6 Å². The summed E-state index contributed by atoms with van der Waals surface area (Å²) in [6, 6.07) is 8.27. The molecule has 0 aromatic heterocycles. The van der Waals surface area contributed by atoms with Crippen molar-refractivity contribution in [2.75, 3.05) is 19.5 Å². The number of halogens is 2. The highest BCUT2D eigenvalue weighted by atomic mass is 32.2. The number of amides is 1. The molecule has 128 valence electrons. The van der Waals surface area contributed by atoms with E-state index in [0.717, 1.165) is 23.9 Å². The number of methoxy groups -OCH3 is 2. The summed E-state index contributed by atoms with van der Waals surface area (Å²) in [6.07, 6.45) is 0. The van der Waals surface area contributed by atoms with Gasteiger partial charge in [-0.1, -0.05) is 0 Å². The van der Waals surface area contributed by atoms with Crippen LogP contribution in [-0.2, 0) is 4.79 Å². The van der Waals surface area contributed by atoms with Gasteiger partial charge in [-0.15, -0.1) is 11.8 Å². The summed E-state index contributed by atoms with van der Waals surface area (Å²) in [7, 11) is 3.01. The van der Waals surface area contributed by atoms with E-state index in [-0.39, 0.29) is 10.8 Å². The van der Waals surface area contributed by atoms with Gasteiger partial charge in [0.25, 0.3) is 0 Å². The highest BCUT2D eigenvalue weighted by Gasteiger charge is 2.18. The monoisotopic (exact) mass is 353 g/mol. The van der Waals surface area contributed by atoms with Gasteiger partial charge in [-0.3, -0.25) is 4.79 Å². The maximum Gasteiger partial charge on any atom is 0.237 e. The minimum atomic E-state index is -0.696.